The maximum absolute atomic E-state index is 13.2. The number of amides is 2. The van der Waals surface area contributed by atoms with Crippen molar-refractivity contribution in [1.29, 1.82) is 0 Å². The van der Waals surface area contributed by atoms with Crippen molar-refractivity contribution in [2.24, 2.45) is 0 Å². The predicted molar refractivity (Wildman–Crippen MR) is 133 cm³/mol. The van der Waals surface area contributed by atoms with Crippen LogP contribution < -0.4 is 10.2 Å². The molecule has 1 atom stereocenters. The Balaban J connectivity index is 1.61. The van der Waals surface area contributed by atoms with Gasteiger partial charge in [0.2, 0.25) is 0 Å². The summed E-state index contributed by atoms with van der Waals surface area (Å²) in [4.78, 5) is 29.8. The van der Waals surface area contributed by atoms with Gasteiger partial charge in [-0.15, -0.1) is 0 Å². The number of benzene rings is 2. The maximum atomic E-state index is 13.2. The lowest BCUT2D eigenvalue weighted by Gasteiger charge is -2.27. The highest BCUT2D eigenvalue weighted by Gasteiger charge is 2.26. The molecule has 0 aliphatic carbocycles. The summed E-state index contributed by atoms with van der Waals surface area (Å²) in [5.41, 5.74) is 2.85. The SMILES string of the molecule is CN(C)c1ccc(NC(=O)c2ccccc2Cl)cc1CN(C[C@@H]1CCCO1)C(=O)c1ccco1. The van der Waals surface area contributed by atoms with Crippen molar-refractivity contribution in [2.75, 3.05) is 37.5 Å². The van der Waals surface area contributed by atoms with Gasteiger partial charge in [-0.2, -0.15) is 0 Å². The number of hydrogen-bond donors (Lipinski definition) is 1. The van der Waals surface area contributed by atoms with Crippen LogP contribution in [0.3, 0.4) is 0 Å². The highest BCUT2D eigenvalue weighted by molar-refractivity contribution is 6.34. The van der Waals surface area contributed by atoms with Crippen molar-refractivity contribution in [3.8, 4) is 0 Å². The highest BCUT2D eigenvalue weighted by atomic mass is 35.5. The van der Waals surface area contributed by atoms with Crippen LogP contribution in [0, 0.1) is 0 Å². The van der Waals surface area contributed by atoms with Gasteiger partial charge in [0.25, 0.3) is 11.8 Å². The fourth-order valence-corrected chi connectivity index (χ4v) is 4.31. The first-order chi connectivity index (χ1) is 16.4. The average Bonchev–Trinajstić information content (AvgIpc) is 3.53. The Morgan fingerprint density at radius 2 is 1.94 bits per heavy atom. The van der Waals surface area contributed by atoms with Crippen LogP contribution in [-0.2, 0) is 11.3 Å². The molecule has 0 unspecified atom stereocenters. The van der Waals surface area contributed by atoms with Crippen LogP contribution in [0.5, 0.6) is 0 Å². The lowest BCUT2D eigenvalue weighted by Crippen LogP contribution is -2.37. The summed E-state index contributed by atoms with van der Waals surface area (Å²) in [5.74, 6) is -0.208. The standard InChI is InChI=1S/C26H28ClN3O4/c1-29(2)23-12-11-19(28-25(31)21-8-3-4-9-22(21)27)15-18(23)16-30(17-20-7-5-13-33-20)26(32)24-10-6-14-34-24/h3-4,6,8-12,14-15,20H,5,7,13,16-17H2,1-2H3,(H,28,31)/t20-/m0/s1. The van der Waals surface area contributed by atoms with Crippen molar-refractivity contribution < 1.29 is 18.7 Å². The zero-order chi connectivity index (χ0) is 24.1. The number of hydrogen-bond acceptors (Lipinski definition) is 5. The molecule has 0 saturated carbocycles. The molecule has 1 aliphatic rings. The summed E-state index contributed by atoms with van der Waals surface area (Å²) in [7, 11) is 3.89. The van der Waals surface area contributed by atoms with Crippen LogP contribution in [-0.4, -0.2) is 50.1 Å². The molecule has 34 heavy (non-hydrogen) atoms. The summed E-state index contributed by atoms with van der Waals surface area (Å²) in [5, 5.41) is 3.31. The second-order valence-corrected chi connectivity index (χ2v) is 8.88. The van der Waals surface area contributed by atoms with E-state index in [1.807, 2.05) is 37.2 Å². The van der Waals surface area contributed by atoms with Crippen LogP contribution in [0.2, 0.25) is 5.02 Å². The first-order valence-electron chi connectivity index (χ1n) is 11.2. The number of ether oxygens (including phenoxy) is 1. The van der Waals surface area contributed by atoms with Gasteiger partial charge in [0.15, 0.2) is 5.76 Å². The Kier molecular flexibility index (Phi) is 7.55. The molecule has 1 N–H and O–H groups in total. The van der Waals surface area contributed by atoms with Crippen molar-refractivity contribution in [2.45, 2.75) is 25.5 Å². The van der Waals surface area contributed by atoms with Crippen LogP contribution in [0.25, 0.3) is 0 Å². The monoisotopic (exact) mass is 481 g/mol. The van der Waals surface area contributed by atoms with Crippen molar-refractivity contribution in [3.63, 3.8) is 0 Å². The number of furan rings is 1. The lowest BCUT2D eigenvalue weighted by molar-refractivity contribution is 0.0484. The third-order valence-corrected chi connectivity index (χ3v) is 6.10. The molecule has 1 aliphatic heterocycles. The molecule has 1 fully saturated rings. The van der Waals surface area contributed by atoms with E-state index in [4.69, 9.17) is 20.8 Å². The minimum absolute atomic E-state index is 0.00942. The fourth-order valence-electron chi connectivity index (χ4n) is 4.09. The molecular formula is C26H28ClN3O4. The number of rotatable bonds is 8. The van der Waals surface area contributed by atoms with Crippen LogP contribution in [0.15, 0.2) is 65.3 Å². The quantitative estimate of drug-likeness (QED) is 0.486. The van der Waals surface area contributed by atoms with E-state index in [1.165, 1.54) is 6.26 Å². The first-order valence-corrected chi connectivity index (χ1v) is 11.6. The summed E-state index contributed by atoms with van der Waals surface area (Å²) in [6.45, 7) is 1.51. The normalized spacial score (nSPS) is 15.2. The van der Waals surface area contributed by atoms with E-state index in [0.29, 0.717) is 36.0 Å². The molecule has 1 saturated heterocycles. The Bertz CT molecular complexity index is 1140. The molecule has 0 spiro atoms. The predicted octanol–water partition coefficient (Wildman–Crippen LogP) is 5.07. The van der Waals surface area contributed by atoms with Gasteiger partial charge in [0.05, 0.1) is 23.0 Å². The van der Waals surface area contributed by atoms with Gasteiger partial charge in [0, 0.05) is 45.2 Å². The maximum Gasteiger partial charge on any atom is 0.289 e. The van der Waals surface area contributed by atoms with E-state index < -0.39 is 0 Å². The molecule has 3 aromatic rings. The molecule has 2 heterocycles. The average molecular weight is 482 g/mol. The van der Waals surface area contributed by atoms with Crippen molar-refractivity contribution in [1.82, 2.24) is 4.90 Å². The van der Waals surface area contributed by atoms with E-state index in [9.17, 15) is 9.59 Å². The van der Waals surface area contributed by atoms with Gasteiger partial charge < -0.3 is 24.3 Å². The second-order valence-electron chi connectivity index (χ2n) is 8.47. The van der Waals surface area contributed by atoms with E-state index in [2.05, 4.69) is 5.32 Å². The Morgan fingerprint density at radius 3 is 2.62 bits per heavy atom. The van der Waals surface area contributed by atoms with Crippen LogP contribution >= 0.6 is 11.6 Å². The molecule has 7 nitrogen and oxygen atoms in total. The van der Waals surface area contributed by atoms with Crippen LogP contribution in [0.1, 0.15) is 39.3 Å². The van der Waals surface area contributed by atoms with E-state index in [0.717, 1.165) is 24.1 Å². The first kappa shape index (κ1) is 23.9. The minimum Gasteiger partial charge on any atom is -0.459 e. The molecule has 8 heteroatoms. The fraction of sp³-hybridized carbons (Fsp3) is 0.308. The van der Waals surface area contributed by atoms with Gasteiger partial charge >= 0.3 is 0 Å². The second kappa shape index (κ2) is 10.8. The zero-order valence-corrected chi connectivity index (χ0v) is 20.0. The number of nitrogens with one attached hydrogen (secondary N) is 1. The Morgan fingerprint density at radius 1 is 1.12 bits per heavy atom. The van der Waals surface area contributed by atoms with Gasteiger partial charge in [-0.25, -0.2) is 0 Å². The third-order valence-electron chi connectivity index (χ3n) is 5.77. The smallest absolute Gasteiger partial charge is 0.289 e. The van der Waals surface area contributed by atoms with Gasteiger partial charge in [-0.3, -0.25) is 9.59 Å². The molecule has 1 aromatic heterocycles. The topological polar surface area (TPSA) is 75.0 Å². The Labute approximate surface area is 204 Å². The minimum atomic E-state index is -0.294. The Hall–Kier alpha value is -3.29. The van der Waals surface area contributed by atoms with E-state index >= 15 is 0 Å². The van der Waals surface area contributed by atoms with Crippen molar-refractivity contribution in [3.05, 3.63) is 82.8 Å². The number of carbonyl (C=O) groups excluding carboxylic acids is 2. The summed E-state index contributed by atoms with van der Waals surface area (Å²) < 4.78 is 11.2. The highest BCUT2D eigenvalue weighted by Crippen LogP contribution is 2.27. The summed E-state index contributed by atoms with van der Waals surface area (Å²) >= 11 is 6.18. The molecule has 4 rings (SSSR count). The molecule has 0 bridgehead atoms. The number of carbonyl (C=O) groups is 2. The number of nitrogens with zero attached hydrogens (tertiary/aromatic N) is 2. The third kappa shape index (κ3) is 5.61. The van der Waals surface area contributed by atoms with E-state index in [1.54, 1.807) is 41.3 Å². The van der Waals surface area contributed by atoms with Crippen LogP contribution in [0.4, 0.5) is 11.4 Å². The van der Waals surface area contributed by atoms with Crippen molar-refractivity contribution >= 4 is 34.8 Å². The van der Waals surface area contributed by atoms with E-state index in [-0.39, 0.29) is 23.7 Å². The molecular weight excluding hydrogens is 454 g/mol. The van der Waals surface area contributed by atoms with Gasteiger partial charge in [0.1, 0.15) is 0 Å². The summed E-state index contributed by atoms with van der Waals surface area (Å²) in [6.07, 6.45) is 3.38. The largest absolute Gasteiger partial charge is 0.459 e. The summed E-state index contributed by atoms with van der Waals surface area (Å²) in [6, 6.07) is 15.9. The molecule has 0 radical (unpaired) electrons. The zero-order valence-electron chi connectivity index (χ0n) is 19.3. The lowest BCUT2D eigenvalue weighted by atomic mass is 10.1. The van der Waals surface area contributed by atoms with Gasteiger partial charge in [-0.05, 0) is 60.9 Å². The van der Waals surface area contributed by atoms with Gasteiger partial charge in [-0.1, -0.05) is 23.7 Å². The molecule has 2 amide bonds. The molecule has 178 valence electrons. The number of anilines is 2. The molecule has 2 aromatic carbocycles. The number of halogens is 1.